The van der Waals surface area contributed by atoms with E-state index in [-0.39, 0.29) is 17.4 Å². The van der Waals surface area contributed by atoms with Gasteiger partial charge in [-0.2, -0.15) is 8.42 Å². The molecule has 0 aliphatic rings. The number of carbonyl (C=O) groups excluding carboxylic acids is 1. The van der Waals surface area contributed by atoms with Crippen molar-refractivity contribution >= 4 is 27.8 Å². The summed E-state index contributed by atoms with van der Waals surface area (Å²) in [4.78, 5) is 12.1. The van der Waals surface area contributed by atoms with Gasteiger partial charge < -0.3 is 5.32 Å². The Bertz CT molecular complexity index is 572. The molecule has 0 saturated carbocycles. The summed E-state index contributed by atoms with van der Waals surface area (Å²) in [6.07, 6.45) is 0. The third kappa shape index (κ3) is 11.4. The highest BCUT2D eigenvalue weighted by molar-refractivity contribution is 7.79. The first-order valence-corrected chi connectivity index (χ1v) is 7.84. The first-order chi connectivity index (χ1) is 9.29. The lowest BCUT2D eigenvalue weighted by Crippen LogP contribution is -2.46. The van der Waals surface area contributed by atoms with E-state index < -0.39 is 10.4 Å². The quantitative estimate of drug-likeness (QED) is 0.578. The minimum absolute atomic E-state index is 0.0671. The molecular formula is C13H20ClNO5S. The van der Waals surface area contributed by atoms with Crippen LogP contribution in [0.4, 0.5) is 0 Å². The SMILES string of the molecule is CC(NC(C)(C)C)C(=O)c1cccc(Cl)c1.O=S(=O)(O)O. The second-order valence-corrected chi connectivity index (χ2v) is 6.77. The van der Waals surface area contributed by atoms with Crippen molar-refractivity contribution in [2.24, 2.45) is 0 Å². The summed E-state index contributed by atoms with van der Waals surface area (Å²) in [5.74, 6) is 0.0671. The van der Waals surface area contributed by atoms with Crippen LogP contribution in [-0.4, -0.2) is 34.9 Å². The molecule has 1 atom stereocenters. The van der Waals surface area contributed by atoms with E-state index in [1.165, 1.54) is 0 Å². The van der Waals surface area contributed by atoms with Gasteiger partial charge in [-0.1, -0.05) is 23.7 Å². The largest absolute Gasteiger partial charge is 0.394 e. The first-order valence-electron chi connectivity index (χ1n) is 6.07. The maximum atomic E-state index is 12.1. The zero-order chi connectivity index (χ0) is 16.8. The second-order valence-electron chi connectivity index (χ2n) is 5.44. The molecule has 1 aromatic rings. The van der Waals surface area contributed by atoms with Crippen molar-refractivity contribution in [3.8, 4) is 0 Å². The normalized spacial score (nSPS) is 13.1. The average molecular weight is 338 g/mol. The van der Waals surface area contributed by atoms with Gasteiger partial charge in [0.25, 0.3) is 0 Å². The Morgan fingerprint density at radius 2 is 1.76 bits per heavy atom. The highest BCUT2D eigenvalue weighted by atomic mass is 35.5. The number of benzene rings is 1. The minimum Gasteiger partial charge on any atom is -0.303 e. The van der Waals surface area contributed by atoms with Gasteiger partial charge in [0.2, 0.25) is 0 Å². The van der Waals surface area contributed by atoms with Crippen LogP contribution >= 0.6 is 11.6 Å². The van der Waals surface area contributed by atoms with Crippen LogP contribution in [0.1, 0.15) is 38.1 Å². The summed E-state index contributed by atoms with van der Waals surface area (Å²) in [6.45, 7) is 7.98. The van der Waals surface area contributed by atoms with E-state index >= 15 is 0 Å². The van der Waals surface area contributed by atoms with E-state index in [1.54, 1.807) is 24.3 Å². The molecule has 0 amide bonds. The molecule has 0 saturated heterocycles. The zero-order valence-electron chi connectivity index (χ0n) is 12.3. The van der Waals surface area contributed by atoms with E-state index in [0.717, 1.165) is 0 Å². The van der Waals surface area contributed by atoms with E-state index in [4.69, 9.17) is 29.1 Å². The number of rotatable bonds is 3. The van der Waals surface area contributed by atoms with E-state index in [1.807, 2.05) is 27.7 Å². The summed E-state index contributed by atoms with van der Waals surface area (Å²) in [7, 11) is -4.67. The lowest BCUT2D eigenvalue weighted by molar-refractivity contribution is 0.0935. The molecule has 1 aromatic carbocycles. The fourth-order valence-electron chi connectivity index (χ4n) is 1.61. The van der Waals surface area contributed by atoms with Gasteiger partial charge in [-0.15, -0.1) is 0 Å². The van der Waals surface area contributed by atoms with Gasteiger partial charge in [0.05, 0.1) is 6.04 Å². The van der Waals surface area contributed by atoms with Gasteiger partial charge in [0.1, 0.15) is 0 Å². The van der Waals surface area contributed by atoms with E-state index in [0.29, 0.717) is 10.6 Å². The zero-order valence-corrected chi connectivity index (χ0v) is 13.9. The van der Waals surface area contributed by atoms with Crippen molar-refractivity contribution in [3.63, 3.8) is 0 Å². The smallest absolute Gasteiger partial charge is 0.303 e. The van der Waals surface area contributed by atoms with Gasteiger partial charge in [-0.3, -0.25) is 13.9 Å². The van der Waals surface area contributed by atoms with Crippen LogP contribution in [0.2, 0.25) is 5.02 Å². The van der Waals surface area contributed by atoms with Gasteiger partial charge in [0.15, 0.2) is 5.78 Å². The predicted octanol–water partition coefficient (Wildman–Crippen LogP) is 2.65. The fourth-order valence-corrected chi connectivity index (χ4v) is 1.80. The number of nitrogens with one attached hydrogen (secondary N) is 1. The Hall–Kier alpha value is -0.990. The Morgan fingerprint density at radius 1 is 1.29 bits per heavy atom. The topological polar surface area (TPSA) is 104 Å². The van der Waals surface area contributed by atoms with Crippen LogP contribution in [0.5, 0.6) is 0 Å². The second kappa shape index (κ2) is 7.86. The highest BCUT2D eigenvalue weighted by Crippen LogP contribution is 2.13. The van der Waals surface area contributed by atoms with Gasteiger partial charge >= 0.3 is 10.4 Å². The molecule has 1 unspecified atom stereocenters. The first kappa shape index (κ1) is 20.0. The highest BCUT2D eigenvalue weighted by Gasteiger charge is 2.20. The molecule has 0 fully saturated rings. The molecule has 0 aliphatic carbocycles. The Kier molecular flexibility index (Phi) is 7.49. The molecule has 0 spiro atoms. The number of ketones is 1. The summed E-state index contributed by atoms with van der Waals surface area (Å²) in [5.41, 5.74) is 0.574. The molecule has 0 radical (unpaired) electrons. The number of hydrogen-bond donors (Lipinski definition) is 3. The third-order valence-corrected chi connectivity index (χ3v) is 2.39. The van der Waals surface area contributed by atoms with Gasteiger partial charge in [0, 0.05) is 16.1 Å². The number of halogens is 1. The molecule has 6 nitrogen and oxygen atoms in total. The number of carbonyl (C=O) groups is 1. The molecule has 0 aliphatic heterocycles. The molecule has 1 rings (SSSR count). The lowest BCUT2D eigenvalue weighted by Gasteiger charge is -2.25. The predicted molar refractivity (Wildman–Crippen MR) is 82.3 cm³/mol. The molecular weight excluding hydrogens is 318 g/mol. The number of Topliss-reactive ketones (excluding diaryl/α,β-unsaturated/α-hetero) is 1. The van der Waals surface area contributed by atoms with Crippen LogP contribution in [0.3, 0.4) is 0 Å². The summed E-state index contributed by atoms with van der Waals surface area (Å²) in [5, 5.41) is 3.84. The molecule has 3 N–H and O–H groups in total. The summed E-state index contributed by atoms with van der Waals surface area (Å²) >= 11 is 5.85. The molecule has 8 heteroatoms. The standard InChI is InChI=1S/C13H18ClNO.H2O4S/c1-9(15-13(2,3)4)12(16)10-6-5-7-11(14)8-10;1-5(2,3)4/h5-9,15H,1-4H3;(H2,1,2,3,4). The van der Waals surface area contributed by atoms with Crippen molar-refractivity contribution in [1.82, 2.24) is 5.32 Å². The van der Waals surface area contributed by atoms with Gasteiger partial charge in [-0.25, -0.2) is 0 Å². The minimum atomic E-state index is -4.67. The summed E-state index contributed by atoms with van der Waals surface area (Å²) < 4.78 is 31.6. The Balaban J connectivity index is 0.000000690. The molecule has 120 valence electrons. The average Bonchev–Trinajstić information content (AvgIpc) is 2.23. The van der Waals surface area contributed by atoms with Crippen LogP contribution in [0.15, 0.2) is 24.3 Å². The van der Waals surface area contributed by atoms with Crippen molar-refractivity contribution in [3.05, 3.63) is 34.9 Å². The van der Waals surface area contributed by atoms with Crippen LogP contribution in [0, 0.1) is 0 Å². The molecule has 21 heavy (non-hydrogen) atoms. The van der Waals surface area contributed by atoms with Crippen molar-refractivity contribution < 1.29 is 22.3 Å². The van der Waals surface area contributed by atoms with Crippen LogP contribution in [-0.2, 0) is 10.4 Å². The monoisotopic (exact) mass is 337 g/mol. The fraction of sp³-hybridized carbons (Fsp3) is 0.462. The van der Waals surface area contributed by atoms with Crippen molar-refractivity contribution in [2.45, 2.75) is 39.3 Å². The van der Waals surface area contributed by atoms with Crippen molar-refractivity contribution in [1.29, 1.82) is 0 Å². The van der Waals surface area contributed by atoms with Crippen molar-refractivity contribution in [2.75, 3.05) is 0 Å². The maximum absolute atomic E-state index is 12.1. The van der Waals surface area contributed by atoms with E-state index in [9.17, 15) is 4.79 Å². The number of hydrogen-bond acceptors (Lipinski definition) is 4. The Labute approximate surface area is 130 Å². The lowest BCUT2D eigenvalue weighted by atomic mass is 10.0. The summed E-state index contributed by atoms with van der Waals surface area (Å²) in [6, 6.07) is 6.83. The van der Waals surface area contributed by atoms with Crippen LogP contribution < -0.4 is 5.32 Å². The molecule has 0 aromatic heterocycles. The van der Waals surface area contributed by atoms with E-state index in [2.05, 4.69) is 5.32 Å². The Morgan fingerprint density at radius 3 is 2.14 bits per heavy atom. The third-order valence-electron chi connectivity index (χ3n) is 2.15. The van der Waals surface area contributed by atoms with Crippen LogP contribution in [0.25, 0.3) is 0 Å². The maximum Gasteiger partial charge on any atom is 0.394 e. The molecule has 0 heterocycles. The van der Waals surface area contributed by atoms with Gasteiger partial charge in [-0.05, 0) is 39.8 Å². The molecule has 0 bridgehead atoms.